The summed E-state index contributed by atoms with van der Waals surface area (Å²) >= 11 is 0. The van der Waals surface area contributed by atoms with Gasteiger partial charge in [-0.1, -0.05) is 6.07 Å². The fraction of sp³-hybridized carbons (Fsp3) is 0.0556. The highest BCUT2D eigenvalue weighted by molar-refractivity contribution is 6.16. The summed E-state index contributed by atoms with van der Waals surface area (Å²) < 4.78 is 29.5. The molecule has 3 aromatic heterocycles. The molecule has 0 unspecified atom stereocenters. The molecule has 0 radical (unpaired) electrons. The maximum absolute atomic E-state index is 13.9. The van der Waals surface area contributed by atoms with Gasteiger partial charge in [-0.05, 0) is 18.2 Å². The number of aromatic nitrogens is 4. The number of H-pyrrole nitrogens is 1. The first-order chi connectivity index (χ1) is 12.0. The Morgan fingerprint density at radius 3 is 2.60 bits per heavy atom. The van der Waals surface area contributed by atoms with E-state index in [9.17, 15) is 13.6 Å². The van der Waals surface area contributed by atoms with E-state index in [-0.39, 0.29) is 5.56 Å². The summed E-state index contributed by atoms with van der Waals surface area (Å²) in [6, 6.07) is 5.09. The van der Waals surface area contributed by atoms with Crippen molar-refractivity contribution in [3.63, 3.8) is 0 Å². The predicted octanol–water partition coefficient (Wildman–Crippen LogP) is 3.47. The molecule has 0 aliphatic carbocycles. The Morgan fingerprint density at radius 2 is 1.92 bits per heavy atom. The van der Waals surface area contributed by atoms with Crippen molar-refractivity contribution >= 4 is 16.8 Å². The van der Waals surface area contributed by atoms with Crippen molar-refractivity contribution < 1.29 is 13.6 Å². The number of ketones is 1. The van der Waals surface area contributed by atoms with Gasteiger partial charge in [-0.15, -0.1) is 0 Å². The van der Waals surface area contributed by atoms with E-state index < -0.39 is 23.0 Å². The van der Waals surface area contributed by atoms with Crippen LogP contribution in [0.3, 0.4) is 0 Å². The number of nitrogens with zero attached hydrogens (tertiary/aromatic N) is 3. The Labute approximate surface area is 140 Å². The number of aromatic amines is 1. The van der Waals surface area contributed by atoms with E-state index in [1.165, 1.54) is 12.3 Å². The Balaban J connectivity index is 1.86. The van der Waals surface area contributed by atoms with Gasteiger partial charge in [0.25, 0.3) is 0 Å². The van der Waals surface area contributed by atoms with Crippen LogP contribution < -0.4 is 0 Å². The van der Waals surface area contributed by atoms with Crippen molar-refractivity contribution in [2.24, 2.45) is 7.05 Å². The van der Waals surface area contributed by atoms with Gasteiger partial charge in [0, 0.05) is 47.7 Å². The third-order valence-corrected chi connectivity index (χ3v) is 4.00. The molecule has 0 saturated carbocycles. The third kappa shape index (κ3) is 2.50. The molecule has 4 aromatic rings. The average Bonchev–Trinajstić information content (AvgIpc) is 3.20. The highest BCUT2D eigenvalue weighted by Crippen LogP contribution is 2.27. The Hall–Kier alpha value is -3.35. The third-order valence-electron chi connectivity index (χ3n) is 4.00. The van der Waals surface area contributed by atoms with E-state index in [0.29, 0.717) is 11.0 Å². The lowest BCUT2D eigenvalue weighted by Crippen LogP contribution is -2.06. The van der Waals surface area contributed by atoms with Crippen molar-refractivity contribution in [2.45, 2.75) is 0 Å². The molecule has 7 heteroatoms. The van der Waals surface area contributed by atoms with E-state index >= 15 is 0 Å². The second-order valence-corrected chi connectivity index (χ2v) is 5.65. The molecule has 0 saturated heterocycles. The van der Waals surface area contributed by atoms with Gasteiger partial charge in [-0.2, -0.15) is 5.10 Å². The Bertz CT molecular complexity index is 1090. The molecule has 5 nitrogen and oxygen atoms in total. The monoisotopic (exact) mass is 338 g/mol. The van der Waals surface area contributed by atoms with Gasteiger partial charge < -0.3 is 4.98 Å². The quantitative estimate of drug-likeness (QED) is 0.582. The summed E-state index contributed by atoms with van der Waals surface area (Å²) in [5.41, 5.74) is 1.64. The minimum atomic E-state index is -0.893. The maximum atomic E-state index is 13.9. The van der Waals surface area contributed by atoms with Crippen LogP contribution in [0.2, 0.25) is 0 Å². The van der Waals surface area contributed by atoms with Crippen LogP contribution in [0.4, 0.5) is 8.78 Å². The minimum Gasteiger partial charge on any atom is -0.345 e. The Morgan fingerprint density at radius 1 is 1.16 bits per heavy atom. The summed E-state index contributed by atoms with van der Waals surface area (Å²) in [5, 5.41) is 4.60. The number of halogens is 2. The molecule has 4 rings (SSSR count). The molecule has 0 spiro atoms. The van der Waals surface area contributed by atoms with Crippen molar-refractivity contribution in [2.75, 3.05) is 0 Å². The van der Waals surface area contributed by atoms with Crippen LogP contribution in [0.1, 0.15) is 15.9 Å². The van der Waals surface area contributed by atoms with Crippen LogP contribution in [-0.4, -0.2) is 25.5 Å². The second-order valence-electron chi connectivity index (χ2n) is 5.65. The molecule has 0 aliphatic heterocycles. The van der Waals surface area contributed by atoms with E-state index in [4.69, 9.17) is 0 Å². The highest BCUT2D eigenvalue weighted by Gasteiger charge is 2.22. The number of carbonyl (C=O) groups is 1. The zero-order valence-corrected chi connectivity index (χ0v) is 13.1. The first-order valence-corrected chi connectivity index (χ1v) is 7.49. The highest BCUT2D eigenvalue weighted by atomic mass is 19.1. The number of nitrogens with one attached hydrogen (secondary N) is 1. The van der Waals surface area contributed by atoms with Gasteiger partial charge in [0.1, 0.15) is 17.3 Å². The van der Waals surface area contributed by atoms with Gasteiger partial charge in [-0.3, -0.25) is 9.48 Å². The largest absolute Gasteiger partial charge is 0.345 e. The van der Waals surface area contributed by atoms with Crippen molar-refractivity contribution in [1.29, 1.82) is 0 Å². The predicted molar refractivity (Wildman–Crippen MR) is 88.1 cm³/mol. The number of benzene rings is 1. The number of hydrogen-bond donors (Lipinski definition) is 1. The number of carbonyl (C=O) groups excluding carboxylic acids is 1. The molecule has 1 aromatic carbocycles. The lowest BCUT2D eigenvalue weighted by Gasteiger charge is -2.04. The zero-order chi connectivity index (χ0) is 17.6. The lowest BCUT2D eigenvalue weighted by atomic mass is 10.0. The lowest BCUT2D eigenvalue weighted by molar-refractivity contribution is 0.103. The van der Waals surface area contributed by atoms with Gasteiger partial charge in [0.05, 0.1) is 11.8 Å². The van der Waals surface area contributed by atoms with Gasteiger partial charge in [0.2, 0.25) is 5.78 Å². The van der Waals surface area contributed by atoms with Crippen molar-refractivity contribution in [1.82, 2.24) is 19.7 Å². The van der Waals surface area contributed by atoms with E-state index in [2.05, 4.69) is 15.1 Å². The van der Waals surface area contributed by atoms with Crippen LogP contribution in [0, 0.1) is 11.6 Å². The summed E-state index contributed by atoms with van der Waals surface area (Å²) in [5.74, 6) is -2.52. The number of pyridine rings is 1. The number of hydrogen-bond acceptors (Lipinski definition) is 3. The maximum Gasteiger partial charge on any atom is 0.201 e. The standard InChI is InChI=1S/C18H12F2N4O/c1-24-9-11(7-23-24)10-5-12-13(8-22-18(12)21-6-10)17(25)16-14(19)3-2-4-15(16)20/h2-9H,1H3,(H,21,22). The van der Waals surface area contributed by atoms with E-state index in [1.54, 1.807) is 30.2 Å². The Kier molecular flexibility index (Phi) is 3.42. The fourth-order valence-electron chi connectivity index (χ4n) is 2.77. The first-order valence-electron chi connectivity index (χ1n) is 7.49. The fourth-order valence-corrected chi connectivity index (χ4v) is 2.77. The molecule has 0 fully saturated rings. The molecule has 3 heterocycles. The van der Waals surface area contributed by atoms with Crippen LogP contribution in [0.25, 0.3) is 22.2 Å². The summed E-state index contributed by atoms with van der Waals surface area (Å²) in [7, 11) is 1.79. The second kappa shape index (κ2) is 5.62. The SMILES string of the molecule is Cn1cc(-c2cnc3[nH]cc(C(=O)c4c(F)cccc4F)c3c2)cn1. The van der Waals surface area contributed by atoms with Crippen LogP contribution in [-0.2, 0) is 7.05 Å². The molecule has 25 heavy (non-hydrogen) atoms. The van der Waals surface area contributed by atoms with Crippen LogP contribution in [0.15, 0.2) is 49.1 Å². The smallest absolute Gasteiger partial charge is 0.201 e. The normalized spacial score (nSPS) is 11.2. The summed E-state index contributed by atoms with van der Waals surface area (Å²) in [6.45, 7) is 0. The topological polar surface area (TPSA) is 63.6 Å². The van der Waals surface area contributed by atoms with E-state index in [0.717, 1.165) is 23.3 Å². The van der Waals surface area contributed by atoms with E-state index in [1.807, 2.05) is 6.20 Å². The molecule has 124 valence electrons. The average molecular weight is 338 g/mol. The molecule has 0 atom stereocenters. The molecule has 1 N–H and O–H groups in total. The molecule has 0 bridgehead atoms. The molecular weight excluding hydrogens is 326 g/mol. The molecule has 0 amide bonds. The minimum absolute atomic E-state index is 0.164. The van der Waals surface area contributed by atoms with Gasteiger partial charge in [0.15, 0.2) is 0 Å². The molecule has 0 aliphatic rings. The first kappa shape index (κ1) is 15.2. The number of rotatable bonds is 3. The van der Waals surface area contributed by atoms with Gasteiger partial charge in [-0.25, -0.2) is 13.8 Å². The van der Waals surface area contributed by atoms with Crippen LogP contribution >= 0.6 is 0 Å². The number of aryl methyl sites for hydroxylation is 1. The summed E-state index contributed by atoms with van der Waals surface area (Å²) in [6.07, 6.45) is 6.55. The zero-order valence-electron chi connectivity index (χ0n) is 13.1. The number of fused-ring (bicyclic) bond motifs is 1. The van der Waals surface area contributed by atoms with Crippen LogP contribution in [0.5, 0.6) is 0 Å². The van der Waals surface area contributed by atoms with Crippen molar-refractivity contribution in [3.05, 3.63) is 71.8 Å². The van der Waals surface area contributed by atoms with Crippen molar-refractivity contribution in [3.8, 4) is 11.1 Å². The molecular formula is C18H12F2N4O. The van der Waals surface area contributed by atoms with Gasteiger partial charge >= 0.3 is 0 Å². The summed E-state index contributed by atoms with van der Waals surface area (Å²) in [4.78, 5) is 19.8.